The van der Waals surface area contributed by atoms with Crippen molar-refractivity contribution in [2.24, 2.45) is 0 Å². The Hall–Kier alpha value is -5.53. The second-order valence-corrected chi connectivity index (χ2v) is 13.4. The fourth-order valence-corrected chi connectivity index (χ4v) is 7.79. The molecular formula is C47H36O. The van der Waals surface area contributed by atoms with E-state index in [2.05, 4.69) is 146 Å². The van der Waals surface area contributed by atoms with Crippen molar-refractivity contribution in [1.29, 1.82) is 0 Å². The van der Waals surface area contributed by atoms with Crippen molar-refractivity contribution in [3.63, 3.8) is 0 Å². The van der Waals surface area contributed by atoms with Gasteiger partial charge < -0.3 is 0 Å². The smallest absolute Gasteiger partial charge is 0.193 e. The van der Waals surface area contributed by atoms with E-state index in [4.69, 9.17) is 0 Å². The first-order valence-corrected chi connectivity index (χ1v) is 17.3. The van der Waals surface area contributed by atoms with Crippen LogP contribution in [0, 0.1) is 0 Å². The van der Waals surface area contributed by atoms with Crippen LogP contribution in [0.2, 0.25) is 0 Å². The topological polar surface area (TPSA) is 17.1 Å². The lowest BCUT2D eigenvalue weighted by atomic mass is 9.88. The maximum atomic E-state index is 14.4. The molecule has 6 aromatic carbocycles. The quantitative estimate of drug-likeness (QED) is 0.180. The van der Waals surface area contributed by atoms with Gasteiger partial charge in [-0.1, -0.05) is 109 Å². The molecule has 1 heteroatoms. The Morgan fingerprint density at radius 3 is 1.94 bits per heavy atom. The highest BCUT2D eigenvalue weighted by Gasteiger charge is 2.23. The van der Waals surface area contributed by atoms with Gasteiger partial charge in [-0.25, -0.2) is 0 Å². The Bertz CT molecular complexity index is 2410. The standard InChI is InChI=1S/C47H36O/c48-47-45-29-37(36-23-24-44-39(25-36)22-19-33-13-7-8-14-43(33)44)20-17-34(45)15-16-35-18-21-38(30-46(35)47)42-27-40(31-9-3-1-4-10-31)26-41(28-42)32-11-5-2-6-12-32/h1,3,5,7-9,11-14,17-30H,2,4,6,10,15-16H2. The van der Waals surface area contributed by atoms with Gasteiger partial charge in [-0.2, -0.15) is 0 Å². The number of hydrogen-bond donors (Lipinski definition) is 0. The molecule has 3 aliphatic carbocycles. The summed E-state index contributed by atoms with van der Waals surface area (Å²) in [4.78, 5) is 14.4. The van der Waals surface area contributed by atoms with Crippen LogP contribution >= 0.6 is 0 Å². The van der Waals surface area contributed by atoms with Crippen molar-refractivity contribution in [2.45, 2.75) is 38.5 Å². The van der Waals surface area contributed by atoms with E-state index in [9.17, 15) is 4.79 Å². The molecule has 0 saturated heterocycles. The number of ketones is 1. The average Bonchev–Trinajstić information content (AvgIpc) is 3.30. The zero-order valence-electron chi connectivity index (χ0n) is 27.0. The number of fused-ring (bicyclic) bond motifs is 5. The fraction of sp³-hybridized carbons (Fsp3) is 0.128. The normalized spacial score (nSPS) is 15.5. The highest BCUT2D eigenvalue weighted by atomic mass is 16.1. The molecule has 230 valence electrons. The van der Waals surface area contributed by atoms with Gasteiger partial charge in [-0.3, -0.25) is 4.79 Å². The van der Waals surface area contributed by atoms with Crippen molar-refractivity contribution in [2.75, 3.05) is 0 Å². The van der Waals surface area contributed by atoms with Gasteiger partial charge in [0, 0.05) is 11.1 Å². The molecule has 0 amide bonds. The molecule has 9 rings (SSSR count). The molecule has 0 bridgehead atoms. The molecular weight excluding hydrogens is 581 g/mol. The Balaban J connectivity index is 1.11. The Morgan fingerprint density at radius 1 is 0.479 bits per heavy atom. The van der Waals surface area contributed by atoms with Crippen molar-refractivity contribution in [3.05, 3.63) is 179 Å². The first-order valence-electron chi connectivity index (χ1n) is 17.3. The summed E-state index contributed by atoms with van der Waals surface area (Å²) >= 11 is 0. The third kappa shape index (κ3) is 5.17. The van der Waals surface area contributed by atoms with Crippen LogP contribution in [0.3, 0.4) is 0 Å². The van der Waals surface area contributed by atoms with Crippen LogP contribution < -0.4 is 0 Å². The number of carbonyl (C=O) groups is 1. The maximum Gasteiger partial charge on any atom is 0.193 e. The first kappa shape index (κ1) is 28.7. The number of allylic oxidation sites excluding steroid dienone is 8. The lowest BCUT2D eigenvalue weighted by Crippen LogP contribution is -2.05. The minimum atomic E-state index is 0.127. The number of hydrogen-bond acceptors (Lipinski definition) is 1. The molecule has 0 atom stereocenters. The predicted octanol–water partition coefficient (Wildman–Crippen LogP) is 12.1. The molecule has 0 fully saturated rings. The van der Waals surface area contributed by atoms with Gasteiger partial charge in [0.25, 0.3) is 0 Å². The fourth-order valence-electron chi connectivity index (χ4n) is 7.79. The summed E-state index contributed by atoms with van der Waals surface area (Å²) < 4.78 is 0. The average molecular weight is 617 g/mol. The summed E-state index contributed by atoms with van der Waals surface area (Å²) in [6, 6.07) is 39.7. The second kappa shape index (κ2) is 11.9. The summed E-state index contributed by atoms with van der Waals surface area (Å²) in [5.41, 5.74) is 13.6. The monoisotopic (exact) mass is 616 g/mol. The van der Waals surface area contributed by atoms with Crippen LogP contribution in [0.15, 0.2) is 146 Å². The molecule has 0 saturated carbocycles. The summed E-state index contributed by atoms with van der Waals surface area (Å²) in [6.45, 7) is 0. The van der Waals surface area contributed by atoms with Crippen LogP contribution in [0.1, 0.15) is 63.9 Å². The van der Waals surface area contributed by atoms with E-state index in [1.807, 2.05) is 0 Å². The Labute approximate surface area is 282 Å². The van der Waals surface area contributed by atoms with Crippen molar-refractivity contribution < 1.29 is 4.79 Å². The summed E-state index contributed by atoms with van der Waals surface area (Å²) in [5.74, 6) is 0.127. The zero-order valence-corrected chi connectivity index (χ0v) is 27.0. The van der Waals surface area contributed by atoms with E-state index in [1.54, 1.807) is 0 Å². The van der Waals surface area contributed by atoms with Crippen molar-refractivity contribution in [1.82, 2.24) is 0 Å². The molecule has 1 nitrogen and oxygen atoms in total. The highest BCUT2D eigenvalue weighted by Crippen LogP contribution is 2.37. The van der Waals surface area contributed by atoms with E-state index in [0.29, 0.717) is 0 Å². The third-order valence-electron chi connectivity index (χ3n) is 10.4. The Kier molecular flexibility index (Phi) is 7.12. The Morgan fingerprint density at radius 2 is 1.17 bits per heavy atom. The van der Waals surface area contributed by atoms with Crippen LogP contribution in [0.25, 0.3) is 54.9 Å². The van der Waals surface area contributed by atoms with Crippen molar-refractivity contribution >= 4 is 38.5 Å². The molecule has 0 unspecified atom stereocenters. The molecule has 6 aromatic rings. The lowest BCUT2D eigenvalue weighted by molar-refractivity contribution is 0.103. The van der Waals surface area contributed by atoms with Crippen LogP contribution in [0.4, 0.5) is 0 Å². The highest BCUT2D eigenvalue weighted by molar-refractivity contribution is 6.13. The van der Waals surface area contributed by atoms with Gasteiger partial charge in [0.15, 0.2) is 5.78 Å². The van der Waals surface area contributed by atoms with E-state index in [-0.39, 0.29) is 5.78 Å². The first-order chi connectivity index (χ1) is 23.7. The number of carbonyl (C=O) groups excluding carboxylic acids is 1. The van der Waals surface area contributed by atoms with E-state index >= 15 is 0 Å². The molecule has 0 spiro atoms. The largest absolute Gasteiger partial charge is 0.289 e. The molecule has 3 aliphatic rings. The van der Waals surface area contributed by atoms with E-state index < -0.39 is 0 Å². The van der Waals surface area contributed by atoms with Gasteiger partial charge in [-0.15, -0.1) is 0 Å². The van der Waals surface area contributed by atoms with Gasteiger partial charge >= 0.3 is 0 Å². The summed E-state index contributed by atoms with van der Waals surface area (Å²) in [5, 5.41) is 4.98. The van der Waals surface area contributed by atoms with Crippen LogP contribution in [-0.2, 0) is 12.8 Å². The van der Waals surface area contributed by atoms with Crippen LogP contribution in [-0.4, -0.2) is 5.78 Å². The summed E-state index contributed by atoms with van der Waals surface area (Å²) in [6.07, 6.45) is 19.6. The molecule has 0 aromatic heterocycles. The van der Waals surface area contributed by atoms with E-state index in [1.165, 1.54) is 43.8 Å². The molecule has 48 heavy (non-hydrogen) atoms. The second-order valence-electron chi connectivity index (χ2n) is 13.4. The minimum Gasteiger partial charge on any atom is -0.289 e. The number of rotatable bonds is 4. The van der Waals surface area contributed by atoms with Gasteiger partial charge in [0.2, 0.25) is 0 Å². The van der Waals surface area contributed by atoms with Gasteiger partial charge in [0.1, 0.15) is 0 Å². The summed E-state index contributed by atoms with van der Waals surface area (Å²) in [7, 11) is 0. The van der Waals surface area contributed by atoms with Gasteiger partial charge in [-0.05, 0) is 152 Å². The lowest BCUT2D eigenvalue weighted by Gasteiger charge is -2.16. The van der Waals surface area contributed by atoms with Crippen molar-refractivity contribution in [3.8, 4) is 22.3 Å². The predicted molar refractivity (Wildman–Crippen MR) is 202 cm³/mol. The minimum absolute atomic E-state index is 0.127. The molecule has 0 heterocycles. The molecule has 0 radical (unpaired) electrons. The zero-order chi connectivity index (χ0) is 32.0. The molecule has 0 N–H and O–H groups in total. The molecule has 0 aliphatic heterocycles. The van der Waals surface area contributed by atoms with Gasteiger partial charge in [0.05, 0.1) is 0 Å². The van der Waals surface area contributed by atoms with E-state index in [0.717, 1.165) is 83.0 Å². The number of benzene rings is 6. The van der Waals surface area contributed by atoms with Crippen LogP contribution in [0.5, 0.6) is 0 Å². The maximum absolute atomic E-state index is 14.4. The SMILES string of the molecule is O=C1c2cc(-c3cc(C4=CCCC=C4)cc(C4=CC=CCC4)c3)ccc2CCc2ccc(-c3ccc4c(ccc5ccccc54)c3)cc21. The number of aryl methyl sites for hydroxylation is 2. The third-order valence-corrected chi connectivity index (χ3v) is 10.4.